The molecule has 21 heavy (non-hydrogen) atoms. The predicted molar refractivity (Wildman–Crippen MR) is 86.8 cm³/mol. The predicted octanol–water partition coefficient (Wildman–Crippen LogP) is 4.09. The van der Waals surface area contributed by atoms with Gasteiger partial charge in [0.2, 0.25) is 0 Å². The lowest BCUT2D eigenvalue weighted by Crippen LogP contribution is -2.23. The van der Waals surface area contributed by atoms with Gasteiger partial charge in [0.1, 0.15) is 0 Å². The highest BCUT2D eigenvalue weighted by Gasteiger charge is 2.23. The van der Waals surface area contributed by atoms with E-state index in [4.69, 9.17) is 4.74 Å². The first-order valence-corrected chi connectivity index (χ1v) is 8.46. The molecule has 2 rings (SSSR count). The summed E-state index contributed by atoms with van der Waals surface area (Å²) in [5.41, 5.74) is 1.20. The SMILES string of the molecule is CNC(CCC1CCCCC1)c1c(OC)cnn1C(C)C. The van der Waals surface area contributed by atoms with E-state index in [-0.39, 0.29) is 0 Å². The van der Waals surface area contributed by atoms with Gasteiger partial charge in [-0.05, 0) is 39.7 Å². The molecule has 4 nitrogen and oxygen atoms in total. The number of hydrogen-bond acceptors (Lipinski definition) is 3. The van der Waals surface area contributed by atoms with Crippen LogP contribution in [0.3, 0.4) is 0 Å². The molecule has 1 aromatic heterocycles. The van der Waals surface area contributed by atoms with Crippen LogP contribution in [-0.4, -0.2) is 23.9 Å². The summed E-state index contributed by atoms with van der Waals surface area (Å²) in [7, 11) is 3.78. The van der Waals surface area contributed by atoms with Crippen molar-refractivity contribution >= 4 is 0 Å². The largest absolute Gasteiger partial charge is 0.493 e. The maximum absolute atomic E-state index is 5.53. The first-order chi connectivity index (χ1) is 10.2. The van der Waals surface area contributed by atoms with E-state index in [1.807, 2.05) is 13.2 Å². The van der Waals surface area contributed by atoms with Gasteiger partial charge in [-0.25, -0.2) is 0 Å². The minimum atomic E-state index is 0.326. The molecule has 1 saturated carbocycles. The molecule has 1 N–H and O–H groups in total. The van der Waals surface area contributed by atoms with Crippen LogP contribution >= 0.6 is 0 Å². The van der Waals surface area contributed by atoms with Gasteiger partial charge in [-0.15, -0.1) is 0 Å². The Morgan fingerprint density at radius 3 is 2.62 bits per heavy atom. The summed E-state index contributed by atoms with van der Waals surface area (Å²) in [4.78, 5) is 0. The van der Waals surface area contributed by atoms with E-state index in [1.165, 1.54) is 44.2 Å². The van der Waals surface area contributed by atoms with Gasteiger partial charge >= 0.3 is 0 Å². The quantitative estimate of drug-likeness (QED) is 0.823. The molecular weight excluding hydrogens is 262 g/mol. The maximum atomic E-state index is 5.53. The van der Waals surface area contributed by atoms with E-state index in [2.05, 4.69) is 28.9 Å². The van der Waals surface area contributed by atoms with Crippen LogP contribution in [0.5, 0.6) is 5.75 Å². The highest BCUT2D eigenvalue weighted by molar-refractivity contribution is 5.28. The number of aromatic nitrogens is 2. The standard InChI is InChI=1S/C17H31N3O/c1-13(2)20-17(16(21-4)12-19-20)15(18-3)11-10-14-8-6-5-7-9-14/h12-15,18H,5-11H2,1-4H3. The van der Waals surface area contributed by atoms with Crippen molar-refractivity contribution in [1.82, 2.24) is 15.1 Å². The topological polar surface area (TPSA) is 39.1 Å². The molecule has 1 aromatic rings. The monoisotopic (exact) mass is 293 g/mol. The summed E-state index contributed by atoms with van der Waals surface area (Å²) >= 11 is 0. The summed E-state index contributed by atoms with van der Waals surface area (Å²) in [6, 6.07) is 0.682. The third-order valence-corrected chi connectivity index (χ3v) is 4.77. The smallest absolute Gasteiger partial charge is 0.161 e. The van der Waals surface area contributed by atoms with Crippen LogP contribution in [0.1, 0.15) is 76.6 Å². The Morgan fingerprint density at radius 1 is 1.33 bits per heavy atom. The Morgan fingerprint density at radius 2 is 2.05 bits per heavy atom. The molecule has 0 saturated heterocycles. The Kier molecular flexibility index (Phi) is 6.09. The molecule has 0 aromatic carbocycles. The van der Waals surface area contributed by atoms with Crippen molar-refractivity contribution in [3.8, 4) is 5.75 Å². The lowest BCUT2D eigenvalue weighted by atomic mass is 9.85. The minimum absolute atomic E-state index is 0.326. The van der Waals surface area contributed by atoms with Crippen LogP contribution in [0.4, 0.5) is 0 Å². The summed E-state index contributed by atoms with van der Waals surface area (Å²) in [6.07, 6.45) is 11.4. The molecule has 1 fully saturated rings. The van der Waals surface area contributed by atoms with Crippen molar-refractivity contribution in [1.29, 1.82) is 0 Å². The molecule has 1 heterocycles. The maximum Gasteiger partial charge on any atom is 0.161 e. The van der Waals surface area contributed by atoms with E-state index in [1.54, 1.807) is 7.11 Å². The van der Waals surface area contributed by atoms with Crippen molar-refractivity contribution in [3.63, 3.8) is 0 Å². The molecule has 120 valence electrons. The van der Waals surface area contributed by atoms with E-state index in [0.717, 1.165) is 18.1 Å². The zero-order valence-corrected chi connectivity index (χ0v) is 14.1. The molecular formula is C17H31N3O. The van der Waals surface area contributed by atoms with Crippen LogP contribution in [0.25, 0.3) is 0 Å². The third kappa shape index (κ3) is 4.00. The van der Waals surface area contributed by atoms with Crippen LogP contribution < -0.4 is 10.1 Å². The van der Waals surface area contributed by atoms with Crippen LogP contribution in [0.2, 0.25) is 0 Å². The zero-order chi connectivity index (χ0) is 15.2. The second-order valence-electron chi connectivity index (χ2n) is 6.56. The Labute approximate surface area is 129 Å². The summed E-state index contributed by atoms with van der Waals surface area (Å²) < 4.78 is 7.63. The summed E-state index contributed by atoms with van der Waals surface area (Å²) in [5, 5.41) is 7.97. The fraction of sp³-hybridized carbons (Fsp3) is 0.824. The summed E-state index contributed by atoms with van der Waals surface area (Å²) in [5.74, 6) is 1.82. The fourth-order valence-corrected chi connectivity index (χ4v) is 3.55. The number of nitrogens with zero attached hydrogens (tertiary/aromatic N) is 2. The third-order valence-electron chi connectivity index (χ3n) is 4.77. The second kappa shape index (κ2) is 7.83. The van der Waals surface area contributed by atoms with Gasteiger partial charge in [-0.2, -0.15) is 5.10 Å². The molecule has 0 radical (unpaired) electrons. The molecule has 0 bridgehead atoms. The molecule has 4 heteroatoms. The molecule has 1 unspecified atom stereocenters. The van der Waals surface area contributed by atoms with Gasteiger partial charge in [-0.1, -0.05) is 32.1 Å². The highest BCUT2D eigenvalue weighted by Crippen LogP contribution is 2.34. The molecule has 1 atom stereocenters. The molecule has 0 amide bonds. The molecule has 1 aliphatic rings. The number of rotatable bonds is 7. The average molecular weight is 293 g/mol. The van der Waals surface area contributed by atoms with Gasteiger partial charge in [0.05, 0.1) is 25.0 Å². The number of hydrogen-bond donors (Lipinski definition) is 1. The molecule has 1 aliphatic carbocycles. The van der Waals surface area contributed by atoms with Crippen LogP contribution in [0.15, 0.2) is 6.20 Å². The van der Waals surface area contributed by atoms with E-state index in [9.17, 15) is 0 Å². The molecule has 0 spiro atoms. The second-order valence-corrected chi connectivity index (χ2v) is 6.56. The lowest BCUT2D eigenvalue weighted by molar-refractivity contribution is 0.308. The van der Waals surface area contributed by atoms with Crippen molar-refractivity contribution in [3.05, 3.63) is 11.9 Å². The van der Waals surface area contributed by atoms with Crippen molar-refractivity contribution < 1.29 is 4.74 Å². The van der Waals surface area contributed by atoms with Gasteiger partial charge in [-0.3, -0.25) is 4.68 Å². The van der Waals surface area contributed by atoms with Crippen molar-refractivity contribution in [2.75, 3.05) is 14.2 Å². The summed E-state index contributed by atoms with van der Waals surface area (Å²) in [6.45, 7) is 4.34. The van der Waals surface area contributed by atoms with E-state index in [0.29, 0.717) is 12.1 Å². The minimum Gasteiger partial charge on any atom is -0.493 e. The number of methoxy groups -OCH3 is 1. The Balaban J connectivity index is 2.07. The van der Waals surface area contributed by atoms with Gasteiger partial charge in [0, 0.05) is 6.04 Å². The van der Waals surface area contributed by atoms with Gasteiger partial charge in [0.25, 0.3) is 0 Å². The van der Waals surface area contributed by atoms with E-state index < -0.39 is 0 Å². The van der Waals surface area contributed by atoms with Gasteiger partial charge < -0.3 is 10.1 Å². The highest BCUT2D eigenvalue weighted by atomic mass is 16.5. The van der Waals surface area contributed by atoms with Crippen molar-refractivity contribution in [2.24, 2.45) is 5.92 Å². The average Bonchev–Trinajstić information content (AvgIpc) is 2.93. The van der Waals surface area contributed by atoms with Crippen molar-refractivity contribution in [2.45, 2.75) is 70.9 Å². The lowest BCUT2D eigenvalue weighted by Gasteiger charge is -2.25. The number of nitrogens with one attached hydrogen (secondary N) is 1. The Hall–Kier alpha value is -1.03. The fourth-order valence-electron chi connectivity index (χ4n) is 3.55. The van der Waals surface area contributed by atoms with Crippen LogP contribution in [-0.2, 0) is 0 Å². The number of ether oxygens (including phenoxy) is 1. The Bertz CT molecular complexity index is 422. The first-order valence-electron chi connectivity index (χ1n) is 8.46. The molecule has 0 aliphatic heterocycles. The zero-order valence-electron chi connectivity index (χ0n) is 14.1. The van der Waals surface area contributed by atoms with Crippen LogP contribution in [0, 0.1) is 5.92 Å². The first kappa shape index (κ1) is 16.3. The van der Waals surface area contributed by atoms with Gasteiger partial charge in [0.15, 0.2) is 5.75 Å². The normalized spacial score (nSPS) is 18.1. The van der Waals surface area contributed by atoms with E-state index >= 15 is 0 Å².